The van der Waals surface area contributed by atoms with Gasteiger partial charge in [0.15, 0.2) is 0 Å². The average molecular weight is 270 g/mol. The molecule has 4 heteroatoms. The number of benzene rings is 1. The number of amides is 1. The molecule has 0 saturated carbocycles. The largest absolute Gasteiger partial charge is 0.328 e. The van der Waals surface area contributed by atoms with Gasteiger partial charge in [-0.2, -0.15) is 0 Å². The summed E-state index contributed by atoms with van der Waals surface area (Å²) in [5, 5.41) is -0.0668. The second kappa shape index (κ2) is 5.05. The van der Waals surface area contributed by atoms with Crippen molar-refractivity contribution in [2.75, 3.05) is 7.05 Å². The molecule has 2 aromatic rings. The zero-order valence-corrected chi connectivity index (χ0v) is 11.4. The van der Waals surface area contributed by atoms with Gasteiger partial charge in [0.05, 0.1) is 0 Å². The predicted octanol–water partition coefficient (Wildman–Crippen LogP) is 3.03. The van der Waals surface area contributed by atoms with Gasteiger partial charge >= 0.3 is 0 Å². The third-order valence-corrected chi connectivity index (χ3v) is 4.85. The summed E-state index contributed by atoms with van der Waals surface area (Å²) in [7, 11) is 1.86. The van der Waals surface area contributed by atoms with Crippen molar-refractivity contribution in [2.24, 2.45) is 0 Å². The van der Waals surface area contributed by atoms with E-state index in [1.165, 1.54) is 0 Å². The number of carbonyl (C=O) groups excluding carboxylic acids is 1. The number of hydrogen-bond donors (Lipinski definition) is 0. The first-order valence-corrected chi connectivity index (χ1v) is 7.08. The van der Waals surface area contributed by atoms with Crippen molar-refractivity contribution in [2.45, 2.75) is 10.6 Å². The molecular formula is C15H14N2OS. The molecule has 1 aliphatic rings. The maximum Gasteiger partial charge on any atom is 0.241 e. The van der Waals surface area contributed by atoms with Crippen molar-refractivity contribution in [1.82, 2.24) is 9.88 Å². The summed E-state index contributed by atoms with van der Waals surface area (Å²) < 4.78 is 0. The van der Waals surface area contributed by atoms with Crippen molar-refractivity contribution < 1.29 is 4.79 Å². The van der Waals surface area contributed by atoms with Gasteiger partial charge in [0, 0.05) is 25.0 Å². The van der Waals surface area contributed by atoms with E-state index in [0.29, 0.717) is 0 Å². The van der Waals surface area contributed by atoms with Crippen LogP contribution in [0.25, 0.3) is 0 Å². The lowest BCUT2D eigenvalue weighted by molar-refractivity contribution is -0.128. The van der Waals surface area contributed by atoms with Gasteiger partial charge in [-0.15, -0.1) is 11.8 Å². The van der Waals surface area contributed by atoms with Crippen LogP contribution < -0.4 is 0 Å². The molecule has 1 aromatic carbocycles. The van der Waals surface area contributed by atoms with Crippen molar-refractivity contribution in [3.8, 4) is 0 Å². The zero-order chi connectivity index (χ0) is 13.2. The maximum absolute atomic E-state index is 12.4. The van der Waals surface area contributed by atoms with Gasteiger partial charge in [0.2, 0.25) is 5.91 Å². The van der Waals surface area contributed by atoms with Gasteiger partial charge < -0.3 is 4.90 Å². The summed E-state index contributed by atoms with van der Waals surface area (Å²) in [5.74, 6) is 0.157. The van der Waals surface area contributed by atoms with Gasteiger partial charge in [0.25, 0.3) is 0 Å². The molecule has 2 atom stereocenters. The van der Waals surface area contributed by atoms with E-state index < -0.39 is 0 Å². The van der Waals surface area contributed by atoms with E-state index in [4.69, 9.17) is 0 Å². The topological polar surface area (TPSA) is 33.2 Å². The van der Waals surface area contributed by atoms with Gasteiger partial charge in [-0.3, -0.25) is 9.78 Å². The van der Waals surface area contributed by atoms with Crippen molar-refractivity contribution in [1.29, 1.82) is 0 Å². The van der Waals surface area contributed by atoms with E-state index in [1.54, 1.807) is 22.9 Å². The van der Waals surface area contributed by atoms with E-state index in [2.05, 4.69) is 4.98 Å². The standard InChI is InChI=1S/C15H14N2OS/c1-17-14(18)13(11-6-3-2-4-7-11)19-15(17)12-8-5-9-16-10-12/h2-10,13,15H,1H3. The zero-order valence-electron chi connectivity index (χ0n) is 10.6. The Kier molecular flexibility index (Phi) is 3.25. The number of pyridine rings is 1. The molecule has 0 bridgehead atoms. The molecule has 1 aromatic heterocycles. The van der Waals surface area contributed by atoms with Crippen LogP contribution in [-0.4, -0.2) is 22.8 Å². The monoisotopic (exact) mass is 270 g/mol. The Morgan fingerprint density at radius 3 is 2.53 bits per heavy atom. The highest BCUT2D eigenvalue weighted by Crippen LogP contribution is 2.49. The number of thioether (sulfide) groups is 1. The van der Waals surface area contributed by atoms with Crippen LogP contribution in [0, 0.1) is 0 Å². The van der Waals surface area contributed by atoms with E-state index in [1.807, 2.05) is 55.7 Å². The van der Waals surface area contributed by atoms with Gasteiger partial charge in [-0.25, -0.2) is 0 Å². The molecule has 2 unspecified atom stereocenters. The van der Waals surface area contributed by atoms with E-state index in [-0.39, 0.29) is 16.5 Å². The second-order valence-corrected chi connectivity index (χ2v) is 5.70. The number of carbonyl (C=O) groups is 1. The Balaban J connectivity index is 1.90. The first-order chi connectivity index (χ1) is 9.27. The summed E-state index contributed by atoms with van der Waals surface area (Å²) in [6, 6.07) is 13.9. The predicted molar refractivity (Wildman–Crippen MR) is 76.5 cm³/mol. The molecule has 19 heavy (non-hydrogen) atoms. The van der Waals surface area contributed by atoms with Crippen LogP contribution in [0.3, 0.4) is 0 Å². The lowest BCUT2D eigenvalue weighted by Gasteiger charge is -2.18. The normalized spacial score (nSPS) is 22.8. The molecule has 3 rings (SSSR count). The lowest BCUT2D eigenvalue weighted by atomic mass is 10.1. The summed E-state index contributed by atoms with van der Waals surface area (Å²) in [4.78, 5) is 18.3. The van der Waals surface area contributed by atoms with Crippen LogP contribution in [0.2, 0.25) is 0 Å². The molecule has 0 aliphatic carbocycles. The van der Waals surface area contributed by atoms with Gasteiger partial charge in [-0.1, -0.05) is 36.4 Å². The molecule has 96 valence electrons. The molecule has 1 aliphatic heterocycles. The van der Waals surface area contributed by atoms with E-state index in [0.717, 1.165) is 11.1 Å². The average Bonchev–Trinajstić information content (AvgIpc) is 2.77. The SMILES string of the molecule is CN1C(=O)C(c2ccccc2)SC1c1cccnc1. The van der Waals surface area contributed by atoms with Crippen LogP contribution in [-0.2, 0) is 4.79 Å². The third kappa shape index (κ3) is 2.24. The van der Waals surface area contributed by atoms with Crippen LogP contribution in [0.1, 0.15) is 21.8 Å². The van der Waals surface area contributed by atoms with Crippen LogP contribution in [0.15, 0.2) is 54.9 Å². The Morgan fingerprint density at radius 2 is 1.84 bits per heavy atom. The Labute approximate surface area is 116 Å². The molecule has 0 N–H and O–H groups in total. The number of hydrogen-bond acceptors (Lipinski definition) is 3. The molecule has 2 heterocycles. The fourth-order valence-corrected chi connectivity index (χ4v) is 3.69. The summed E-state index contributed by atoms with van der Waals surface area (Å²) in [5.41, 5.74) is 2.14. The number of aromatic nitrogens is 1. The van der Waals surface area contributed by atoms with Gasteiger partial charge in [-0.05, 0) is 11.6 Å². The minimum Gasteiger partial charge on any atom is -0.328 e. The highest BCUT2D eigenvalue weighted by Gasteiger charge is 2.39. The first kappa shape index (κ1) is 12.2. The van der Waals surface area contributed by atoms with Crippen molar-refractivity contribution in [3.05, 3.63) is 66.0 Å². The van der Waals surface area contributed by atoms with Gasteiger partial charge in [0.1, 0.15) is 10.6 Å². The van der Waals surface area contributed by atoms with Crippen LogP contribution in [0.4, 0.5) is 0 Å². The van der Waals surface area contributed by atoms with Crippen LogP contribution >= 0.6 is 11.8 Å². The summed E-state index contributed by atoms with van der Waals surface area (Å²) in [6.07, 6.45) is 3.58. The Hall–Kier alpha value is -1.81. The van der Waals surface area contributed by atoms with Crippen molar-refractivity contribution in [3.63, 3.8) is 0 Å². The van der Waals surface area contributed by atoms with E-state index in [9.17, 15) is 4.79 Å². The smallest absolute Gasteiger partial charge is 0.241 e. The maximum atomic E-state index is 12.4. The lowest BCUT2D eigenvalue weighted by Crippen LogP contribution is -2.24. The molecule has 3 nitrogen and oxygen atoms in total. The molecule has 1 saturated heterocycles. The highest BCUT2D eigenvalue weighted by atomic mass is 32.2. The minimum atomic E-state index is -0.114. The molecule has 0 radical (unpaired) electrons. The molecular weight excluding hydrogens is 256 g/mol. The van der Waals surface area contributed by atoms with Crippen molar-refractivity contribution >= 4 is 17.7 Å². The first-order valence-electron chi connectivity index (χ1n) is 6.14. The molecule has 1 amide bonds. The molecule has 0 spiro atoms. The Bertz CT molecular complexity index is 573. The number of nitrogens with zero attached hydrogens (tertiary/aromatic N) is 2. The number of likely N-dealkylation sites (N-methyl/N-ethyl adjacent to an activating group) is 1. The quantitative estimate of drug-likeness (QED) is 0.841. The summed E-state index contributed by atoms with van der Waals surface area (Å²) in [6.45, 7) is 0. The highest BCUT2D eigenvalue weighted by molar-refractivity contribution is 8.00. The fourth-order valence-electron chi connectivity index (χ4n) is 2.25. The van der Waals surface area contributed by atoms with Crippen LogP contribution in [0.5, 0.6) is 0 Å². The third-order valence-electron chi connectivity index (χ3n) is 3.26. The number of rotatable bonds is 2. The Morgan fingerprint density at radius 1 is 1.11 bits per heavy atom. The fraction of sp³-hybridized carbons (Fsp3) is 0.200. The summed E-state index contributed by atoms with van der Waals surface area (Å²) >= 11 is 1.67. The molecule has 1 fully saturated rings. The minimum absolute atomic E-state index is 0.0476. The van der Waals surface area contributed by atoms with E-state index >= 15 is 0 Å². The second-order valence-electron chi connectivity index (χ2n) is 4.51.